The molecule has 2 fully saturated rings. The second kappa shape index (κ2) is 5.28. The van der Waals surface area contributed by atoms with Gasteiger partial charge in [0.2, 0.25) is 0 Å². The van der Waals surface area contributed by atoms with E-state index < -0.39 is 0 Å². The molecule has 0 aromatic rings. The first-order valence-corrected chi connectivity index (χ1v) is 6.28. The quantitative estimate of drug-likeness (QED) is 0.742. The van der Waals surface area contributed by atoms with E-state index in [-0.39, 0.29) is 12.1 Å². The number of nitrogens with one attached hydrogen (secondary N) is 1. The first-order chi connectivity index (χ1) is 7.35. The number of hydrogen-bond donors (Lipinski definition) is 2. The minimum absolute atomic E-state index is 0.00359. The van der Waals surface area contributed by atoms with Gasteiger partial charge >= 0.3 is 0 Å². The van der Waals surface area contributed by atoms with Crippen LogP contribution in [-0.4, -0.2) is 37.0 Å². The van der Waals surface area contributed by atoms with E-state index in [0.29, 0.717) is 5.92 Å². The molecule has 2 heterocycles. The third-order valence-electron chi connectivity index (χ3n) is 3.82. The zero-order valence-electron chi connectivity index (χ0n) is 9.50. The Balaban J connectivity index is 1.87. The van der Waals surface area contributed by atoms with Crippen LogP contribution in [0.4, 0.5) is 0 Å². The third-order valence-corrected chi connectivity index (χ3v) is 3.82. The Morgan fingerprint density at radius 3 is 2.87 bits per heavy atom. The first kappa shape index (κ1) is 11.4. The number of piperidine rings is 1. The average molecular weight is 213 g/mol. The zero-order valence-corrected chi connectivity index (χ0v) is 9.50. The molecule has 3 nitrogen and oxygen atoms in total. The summed E-state index contributed by atoms with van der Waals surface area (Å²) in [5.41, 5.74) is 0.00359. The van der Waals surface area contributed by atoms with Crippen LogP contribution in [0.1, 0.15) is 38.5 Å². The van der Waals surface area contributed by atoms with E-state index in [4.69, 9.17) is 4.74 Å². The predicted octanol–water partition coefficient (Wildman–Crippen LogP) is 1.31. The minimum Gasteiger partial charge on any atom is -0.394 e. The maximum atomic E-state index is 9.57. The molecule has 0 spiro atoms. The summed E-state index contributed by atoms with van der Waals surface area (Å²) in [7, 11) is 0. The lowest BCUT2D eigenvalue weighted by Crippen LogP contribution is -2.53. The van der Waals surface area contributed by atoms with Gasteiger partial charge in [0.1, 0.15) is 0 Å². The molecule has 0 aromatic carbocycles. The smallest absolute Gasteiger partial charge is 0.0613 e. The molecule has 2 aliphatic heterocycles. The van der Waals surface area contributed by atoms with Crippen LogP contribution in [0.15, 0.2) is 0 Å². The zero-order chi connectivity index (χ0) is 10.6. The summed E-state index contributed by atoms with van der Waals surface area (Å²) in [6.07, 6.45) is 7.17. The average Bonchev–Trinajstić information content (AvgIpc) is 2.32. The van der Waals surface area contributed by atoms with Crippen molar-refractivity contribution < 1.29 is 9.84 Å². The molecule has 2 rings (SSSR count). The number of ether oxygens (including phenoxy) is 1. The van der Waals surface area contributed by atoms with Gasteiger partial charge in [-0.3, -0.25) is 0 Å². The molecule has 0 saturated carbocycles. The second-order valence-electron chi connectivity index (χ2n) is 5.11. The van der Waals surface area contributed by atoms with Crippen LogP contribution in [0.5, 0.6) is 0 Å². The molecule has 0 amide bonds. The van der Waals surface area contributed by atoms with Crippen molar-refractivity contribution in [3.05, 3.63) is 0 Å². The highest BCUT2D eigenvalue weighted by Gasteiger charge is 2.34. The SMILES string of the molecule is OCC1(CC2CCCOC2)CCCCN1. The fraction of sp³-hybridized carbons (Fsp3) is 1.00. The molecule has 0 radical (unpaired) electrons. The minimum atomic E-state index is 0.00359. The van der Waals surface area contributed by atoms with Crippen molar-refractivity contribution in [3.63, 3.8) is 0 Å². The molecule has 2 atom stereocenters. The molecule has 0 aliphatic carbocycles. The van der Waals surface area contributed by atoms with Gasteiger partial charge in [-0.15, -0.1) is 0 Å². The van der Waals surface area contributed by atoms with Crippen LogP contribution in [0.25, 0.3) is 0 Å². The van der Waals surface area contributed by atoms with Crippen molar-refractivity contribution in [1.82, 2.24) is 5.32 Å². The van der Waals surface area contributed by atoms with Crippen molar-refractivity contribution in [2.75, 3.05) is 26.4 Å². The summed E-state index contributed by atoms with van der Waals surface area (Å²) in [4.78, 5) is 0. The molecular formula is C12H23NO2. The normalized spacial score (nSPS) is 37.8. The fourth-order valence-electron chi connectivity index (χ4n) is 2.93. The van der Waals surface area contributed by atoms with E-state index in [1.807, 2.05) is 0 Å². The Bertz CT molecular complexity index is 184. The first-order valence-electron chi connectivity index (χ1n) is 6.28. The lowest BCUT2D eigenvalue weighted by atomic mass is 9.80. The summed E-state index contributed by atoms with van der Waals surface area (Å²) in [5.74, 6) is 0.650. The fourth-order valence-corrected chi connectivity index (χ4v) is 2.93. The monoisotopic (exact) mass is 213 g/mol. The van der Waals surface area contributed by atoms with E-state index >= 15 is 0 Å². The standard InChI is InChI=1S/C12H23NO2/c14-10-12(5-1-2-6-13-12)8-11-4-3-7-15-9-11/h11,13-14H,1-10H2. The topological polar surface area (TPSA) is 41.5 Å². The summed E-state index contributed by atoms with van der Waals surface area (Å²) in [6, 6.07) is 0. The number of hydrogen-bond acceptors (Lipinski definition) is 3. The summed E-state index contributed by atoms with van der Waals surface area (Å²) < 4.78 is 5.50. The van der Waals surface area contributed by atoms with Gasteiger partial charge in [0, 0.05) is 18.8 Å². The maximum Gasteiger partial charge on any atom is 0.0613 e. The molecule has 0 bridgehead atoms. The highest BCUT2D eigenvalue weighted by molar-refractivity contribution is 4.92. The molecule has 15 heavy (non-hydrogen) atoms. The highest BCUT2D eigenvalue weighted by Crippen LogP contribution is 2.29. The van der Waals surface area contributed by atoms with Gasteiger partial charge in [-0.05, 0) is 44.6 Å². The Kier molecular flexibility index (Phi) is 4.00. The van der Waals surface area contributed by atoms with Crippen molar-refractivity contribution in [2.45, 2.75) is 44.1 Å². The van der Waals surface area contributed by atoms with Gasteiger partial charge in [0.05, 0.1) is 6.61 Å². The number of aliphatic hydroxyl groups is 1. The van der Waals surface area contributed by atoms with Gasteiger partial charge in [-0.1, -0.05) is 6.42 Å². The number of rotatable bonds is 3. The second-order valence-corrected chi connectivity index (χ2v) is 5.11. The molecule has 88 valence electrons. The summed E-state index contributed by atoms with van der Waals surface area (Å²) in [5, 5.41) is 13.1. The molecule has 2 unspecified atom stereocenters. The van der Waals surface area contributed by atoms with Gasteiger partial charge in [-0.2, -0.15) is 0 Å². The summed E-state index contributed by atoms with van der Waals surface area (Å²) in [6.45, 7) is 3.16. The maximum absolute atomic E-state index is 9.57. The molecule has 2 aliphatic rings. The van der Waals surface area contributed by atoms with E-state index in [1.165, 1.54) is 25.7 Å². The van der Waals surface area contributed by atoms with Crippen molar-refractivity contribution in [3.8, 4) is 0 Å². The molecular weight excluding hydrogens is 190 g/mol. The van der Waals surface area contributed by atoms with E-state index in [9.17, 15) is 5.11 Å². The van der Waals surface area contributed by atoms with Crippen molar-refractivity contribution >= 4 is 0 Å². The van der Waals surface area contributed by atoms with E-state index in [0.717, 1.165) is 32.6 Å². The van der Waals surface area contributed by atoms with Crippen LogP contribution in [0, 0.1) is 5.92 Å². The Morgan fingerprint density at radius 2 is 2.27 bits per heavy atom. The van der Waals surface area contributed by atoms with Gasteiger partial charge in [0.15, 0.2) is 0 Å². The van der Waals surface area contributed by atoms with Crippen LogP contribution in [-0.2, 0) is 4.74 Å². The van der Waals surface area contributed by atoms with Crippen LogP contribution < -0.4 is 5.32 Å². The predicted molar refractivity (Wildman–Crippen MR) is 59.8 cm³/mol. The lowest BCUT2D eigenvalue weighted by molar-refractivity contribution is 0.0230. The van der Waals surface area contributed by atoms with Gasteiger partial charge < -0.3 is 15.2 Å². The van der Waals surface area contributed by atoms with Gasteiger partial charge in [0.25, 0.3) is 0 Å². The van der Waals surface area contributed by atoms with Crippen molar-refractivity contribution in [1.29, 1.82) is 0 Å². The van der Waals surface area contributed by atoms with Crippen molar-refractivity contribution in [2.24, 2.45) is 5.92 Å². The molecule has 0 aromatic heterocycles. The Morgan fingerprint density at radius 1 is 1.33 bits per heavy atom. The van der Waals surface area contributed by atoms with Crippen LogP contribution in [0.2, 0.25) is 0 Å². The molecule has 2 N–H and O–H groups in total. The molecule has 3 heteroatoms. The molecule has 2 saturated heterocycles. The highest BCUT2D eigenvalue weighted by atomic mass is 16.5. The largest absolute Gasteiger partial charge is 0.394 e. The third kappa shape index (κ3) is 2.92. The Labute approximate surface area is 92.2 Å². The van der Waals surface area contributed by atoms with E-state index in [1.54, 1.807) is 0 Å². The number of aliphatic hydroxyl groups excluding tert-OH is 1. The van der Waals surface area contributed by atoms with E-state index in [2.05, 4.69) is 5.32 Å². The Hall–Kier alpha value is -0.120. The summed E-state index contributed by atoms with van der Waals surface area (Å²) >= 11 is 0. The lowest BCUT2D eigenvalue weighted by Gasteiger charge is -2.40. The van der Waals surface area contributed by atoms with Crippen LogP contribution >= 0.6 is 0 Å². The van der Waals surface area contributed by atoms with Crippen LogP contribution in [0.3, 0.4) is 0 Å². The van der Waals surface area contributed by atoms with Gasteiger partial charge in [-0.25, -0.2) is 0 Å².